The van der Waals surface area contributed by atoms with Gasteiger partial charge in [0, 0.05) is 5.69 Å². The molecule has 1 aromatic rings. The summed E-state index contributed by atoms with van der Waals surface area (Å²) in [4.78, 5) is 25.6. The smallest absolute Gasteiger partial charge is 0.247 e. The van der Waals surface area contributed by atoms with Gasteiger partial charge in [0.05, 0.1) is 13.7 Å². The molecule has 1 unspecified atom stereocenters. The largest absolute Gasteiger partial charge is 0.497 e. The predicted octanol–water partition coefficient (Wildman–Crippen LogP) is 1.18. The molecule has 1 aromatic carbocycles. The minimum absolute atomic E-state index is 0.0475. The third-order valence-electron chi connectivity index (χ3n) is 3.21. The highest BCUT2D eigenvalue weighted by atomic mass is 16.5. The first kappa shape index (κ1) is 13.4. The van der Waals surface area contributed by atoms with E-state index >= 15 is 0 Å². The average molecular weight is 262 g/mol. The van der Waals surface area contributed by atoms with Gasteiger partial charge in [0.2, 0.25) is 11.8 Å². The monoisotopic (exact) mass is 262 g/mol. The van der Waals surface area contributed by atoms with Crippen molar-refractivity contribution in [3.05, 3.63) is 24.3 Å². The van der Waals surface area contributed by atoms with Crippen molar-refractivity contribution in [2.45, 2.75) is 19.9 Å². The van der Waals surface area contributed by atoms with Gasteiger partial charge in [0.25, 0.3) is 0 Å². The Morgan fingerprint density at radius 2 is 1.89 bits per heavy atom. The van der Waals surface area contributed by atoms with Gasteiger partial charge >= 0.3 is 0 Å². The Kier molecular flexibility index (Phi) is 3.74. The van der Waals surface area contributed by atoms with Gasteiger partial charge in [-0.2, -0.15) is 0 Å². The lowest BCUT2D eigenvalue weighted by atomic mass is 9.98. The highest BCUT2D eigenvalue weighted by Gasteiger charge is 2.37. The van der Waals surface area contributed by atoms with Crippen molar-refractivity contribution in [2.75, 3.05) is 18.6 Å². The van der Waals surface area contributed by atoms with Gasteiger partial charge in [-0.05, 0) is 30.2 Å². The van der Waals surface area contributed by atoms with E-state index in [-0.39, 0.29) is 24.3 Å². The molecule has 1 aliphatic rings. The van der Waals surface area contributed by atoms with Crippen LogP contribution in [0.1, 0.15) is 13.8 Å². The molecule has 5 heteroatoms. The van der Waals surface area contributed by atoms with Crippen LogP contribution in [0.15, 0.2) is 24.3 Å². The van der Waals surface area contributed by atoms with Gasteiger partial charge in [-0.25, -0.2) is 0 Å². The number of hydrogen-bond donors (Lipinski definition) is 1. The molecular formula is C14H18N2O3. The molecule has 5 nitrogen and oxygen atoms in total. The van der Waals surface area contributed by atoms with E-state index in [0.717, 1.165) is 11.4 Å². The Bertz CT molecular complexity index is 482. The van der Waals surface area contributed by atoms with Gasteiger partial charge in [-0.1, -0.05) is 13.8 Å². The molecule has 0 spiro atoms. The first-order valence-corrected chi connectivity index (χ1v) is 6.28. The molecule has 2 amide bonds. The van der Waals surface area contributed by atoms with Crippen LogP contribution in [-0.4, -0.2) is 31.5 Å². The summed E-state index contributed by atoms with van der Waals surface area (Å²) < 4.78 is 5.10. The Morgan fingerprint density at radius 1 is 1.26 bits per heavy atom. The van der Waals surface area contributed by atoms with E-state index in [0.29, 0.717) is 0 Å². The first-order chi connectivity index (χ1) is 9.04. The number of methoxy groups -OCH3 is 1. The van der Waals surface area contributed by atoms with Crippen LogP contribution in [0.4, 0.5) is 5.69 Å². The molecule has 0 radical (unpaired) electrons. The van der Waals surface area contributed by atoms with Crippen LogP contribution >= 0.6 is 0 Å². The topological polar surface area (TPSA) is 58.6 Å². The van der Waals surface area contributed by atoms with Crippen molar-refractivity contribution in [2.24, 2.45) is 5.92 Å². The summed E-state index contributed by atoms with van der Waals surface area (Å²) >= 11 is 0. The number of nitrogens with one attached hydrogen (secondary N) is 1. The number of rotatable bonds is 3. The fourth-order valence-electron chi connectivity index (χ4n) is 2.27. The lowest BCUT2D eigenvalue weighted by Gasteiger charge is -2.37. The van der Waals surface area contributed by atoms with Gasteiger partial charge < -0.3 is 10.1 Å². The third-order valence-corrected chi connectivity index (χ3v) is 3.21. The minimum atomic E-state index is -0.463. The second-order valence-corrected chi connectivity index (χ2v) is 4.87. The number of benzene rings is 1. The summed E-state index contributed by atoms with van der Waals surface area (Å²) in [5.74, 6) is 0.569. The summed E-state index contributed by atoms with van der Waals surface area (Å²) in [6.45, 7) is 3.91. The number of carbonyl (C=O) groups is 2. The quantitative estimate of drug-likeness (QED) is 0.890. The molecule has 19 heavy (non-hydrogen) atoms. The molecule has 2 rings (SSSR count). The zero-order chi connectivity index (χ0) is 14.0. The van der Waals surface area contributed by atoms with Crippen LogP contribution in [0.2, 0.25) is 0 Å². The van der Waals surface area contributed by atoms with Crippen LogP contribution in [0.5, 0.6) is 5.75 Å². The van der Waals surface area contributed by atoms with Crippen molar-refractivity contribution in [3.8, 4) is 5.75 Å². The molecule has 1 N–H and O–H groups in total. The number of carbonyl (C=O) groups excluding carboxylic acids is 2. The van der Waals surface area contributed by atoms with E-state index in [4.69, 9.17) is 4.74 Å². The number of piperazine rings is 1. The second-order valence-electron chi connectivity index (χ2n) is 4.87. The molecule has 102 valence electrons. The molecule has 0 saturated carbocycles. The van der Waals surface area contributed by atoms with E-state index in [2.05, 4.69) is 5.32 Å². The van der Waals surface area contributed by atoms with E-state index in [1.807, 2.05) is 13.8 Å². The van der Waals surface area contributed by atoms with Crippen LogP contribution in [-0.2, 0) is 9.59 Å². The van der Waals surface area contributed by atoms with Crippen molar-refractivity contribution in [1.29, 1.82) is 0 Å². The number of anilines is 1. The zero-order valence-corrected chi connectivity index (χ0v) is 11.3. The van der Waals surface area contributed by atoms with Crippen LogP contribution < -0.4 is 15.0 Å². The Balaban J connectivity index is 2.36. The number of ether oxygens (including phenoxy) is 1. The standard InChI is InChI=1S/C14H18N2O3/c1-9(2)13-14(18)15-8-12(17)16(13)10-4-6-11(19-3)7-5-10/h4-7,9,13H,8H2,1-3H3,(H,15,18). The maximum absolute atomic E-state index is 12.1. The lowest BCUT2D eigenvalue weighted by Crippen LogP contribution is -2.60. The van der Waals surface area contributed by atoms with Crippen molar-refractivity contribution in [1.82, 2.24) is 5.32 Å². The number of hydrogen-bond acceptors (Lipinski definition) is 3. The summed E-state index contributed by atoms with van der Waals surface area (Å²) in [5, 5.41) is 2.63. The number of amides is 2. The Morgan fingerprint density at radius 3 is 2.42 bits per heavy atom. The molecule has 0 aromatic heterocycles. The van der Waals surface area contributed by atoms with E-state index < -0.39 is 6.04 Å². The van der Waals surface area contributed by atoms with Crippen LogP contribution in [0, 0.1) is 5.92 Å². The Labute approximate surface area is 112 Å². The maximum atomic E-state index is 12.1. The molecule has 0 aliphatic carbocycles. The van der Waals surface area contributed by atoms with Crippen LogP contribution in [0.3, 0.4) is 0 Å². The van der Waals surface area contributed by atoms with E-state index in [1.54, 1.807) is 36.3 Å². The normalized spacial score (nSPS) is 19.6. The summed E-state index contributed by atoms with van der Waals surface area (Å²) in [7, 11) is 1.59. The van der Waals surface area contributed by atoms with Gasteiger partial charge in [0.1, 0.15) is 11.8 Å². The second kappa shape index (κ2) is 5.30. The lowest BCUT2D eigenvalue weighted by molar-refractivity contribution is -0.131. The molecule has 0 bridgehead atoms. The Hall–Kier alpha value is -2.04. The van der Waals surface area contributed by atoms with Crippen molar-refractivity contribution in [3.63, 3.8) is 0 Å². The highest BCUT2D eigenvalue weighted by molar-refractivity contribution is 6.06. The highest BCUT2D eigenvalue weighted by Crippen LogP contribution is 2.25. The molecule has 1 atom stereocenters. The van der Waals surface area contributed by atoms with Gasteiger partial charge in [0.15, 0.2) is 0 Å². The number of nitrogens with zero attached hydrogens (tertiary/aromatic N) is 1. The van der Waals surface area contributed by atoms with Crippen molar-refractivity contribution >= 4 is 17.5 Å². The fourth-order valence-corrected chi connectivity index (χ4v) is 2.27. The maximum Gasteiger partial charge on any atom is 0.247 e. The summed E-state index contributed by atoms with van der Waals surface area (Å²) in [6.07, 6.45) is 0. The minimum Gasteiger partial charge on any atom is -0.497 e. The zero-order valence-electron chi connectivity index (χ0n) is 11.3. The SMILES string of the molecule is COc1ccc(N2C(=O)CNC(=O)C2C(C)C)cc1. The van der Waals surface area contributed by atoms with Gasteiger partial charge in [-0.3, -0.25) is 14.5 Å². The molecule has 1 heterocycles. The predicted molar refractivity (Wildman–Crippen MR) is 72.1 cm³/mol. The first-order valence-electron chi connectivity index (χ1n) is 6.28. The molecule has 1 saturated heterocycles. The van der Waals surface area contributed by atoms with Crippen molar-refractivity contribution < 1.29 is 14.3 Å². The summed E-state index contributed by atoms with van der Waals surface area (Å²) in [5.41, 5.74) is 0.722. The van der Waals surface area contributed by atoms with E-state index in [1.165, 1.54) is 0 Å². The third kappa shape index (κ3) is 2.54. The molecular weight excluding hydrogens is 244 g/mol. The van der Waals surface area contributed by atoms with Gasteiger partial charge in [-0.15, -0.1) is 0 Å². The molecule has 1 fully saturated rings. The van der Waals surface area contributed by atoms with E-state index in [9.17, 15) is 9.59 Å². The average Bonchev–Trinajstić information content (AvgIpc) is 2.41. The van der Waals surface area contributed by atoms with Crippen LogP contribution in [0.25, 0.3) is 0 Å². The fraction of sp³-hybridized carbons (Fsp3) is 0.429. The summed E-state index contributed by atoms with van der Waals surface area (Å²) in [6, 6.07) is 6.70. The molecule has 1 aliphatic heterocycles.